The van der Waals surface area contributed by atoms with Crippen molar-refractivity contribution in [2.24, 2.45) is 0 Å². The highest BCUT2D eigenvalue weighted by atomic mass is 32.2. The van der Waals surface area contributed by atoms with Crippen LogP contribution >= 0.6 is 0 Å². The Bertz CT molecular complexity index is 491. The zero-order valence-electron chi connectivity index (χ0n) is 14.0. The number of ether oxygens (including phenoxy) is 1. The fourth-order valence-corrected chi connectivity index (χ4v) is 4.00. The van der Waals surface area contributed by atoms with Gasteiger partial charge in [0.15, 0.2) is 0 Å². The molecule has 2 heterocycles. The Hall–Kier alpha value is -0.900. The van der Waals surface area contributed by atoms with Gasteiger partial charge in [-0.25, -0.2) is 13.2 Å². The fraction of sp³-hybridized carbons (Fsp3) is 0.929. The van der Waals surface area contributed by atoms with Crippen LogP contribution in [0.25, 0.3) is 0 Å². The molecule has 0 aliphatic carbocycles. The van der Waals surface area contributed by atoms with Crippen LogP contribution in [0.1, 0.15) is 12.8 Å². The molecular weight excluding hydrogens is 320 g/mol. The number of urea groups is 1. The molecule has 0 aromatic carbocycles. The zero-order chi connectivity index (χ0) is 16.9. The fourth-order valence-electron chi connectivity index (χ4n) is 3.17. The smallest absolute Gasteiger partial charge is 0.317 e. The summed E-state index contributed by atoms with van der Waals surface area (Å²) >= 11 is 0. The van der Waals surface area contributed by atoms with Crippen molar-refractivity contribution in [1.29, 1.82) is 0 Å². The van der Waals surface area contributed by atoms with Crippen LogP contribution in [0.5, 0.6) is 0 Å². The van der Waals surface area contributed by atoms with Gasteiger partial charge in [0.2, 0.25) is 10.0 Å². The molecule has 134 valence electrons. The highest BCUT2D eigenvalue weighted by Crippen LogP contribution is 2.16. The second-order valence-corrected chi connectivity index (χ2v) is 8.14. The van der Waals surface area contributed by atoms with Crippen LogP contribution in [-0.2, 0) is 14.8 Å². The molecule has 2 rings (SSSR count). The number of rotatable bonds is 6. The third-order valence-electron chi connectivity index (χ3n) is 4.57. The summed E-state index contributed by atoms with van der Waals surface area (Å²) in [5, 5.41) is 2.99. The van der Waals surface area contributed by atoms with Gasteiger partial charge in [-0.05, 0) is 19.4 Å². The van der Waals surface area contributed by atoms with E-state index < -0.39 is 10.0 Å². The molecule has 2 saturated heterocycles. The second kappa shape index (κ2) is 8.27. The lowest BCUT2D eigenvalue weighted by molar-refractivity contribution is 0.137. The van der Waals surface area contributed by atoms with Crippen LogP contribution in [0.2, 0.25) is 0 Å². The Morgan fingerprint density at radius 3 is 2.52 bits per heavy atom. The van der Waals surface area contributed by atoms with Crippen molar-refractivity contribution in [3.63, 3.8) is 0 Å². The van der Waals surface area contributed by atoms with Gasteiger partial charge >= 0.3 is 6.03 Å². The number of carbonyl (C=O) groups is 1. The summed E-state index contributed by atoms with van der Waals surface area (Å²) < 4.78 is 29.5. The largest absolute Gasteiger partial charge is 0.383 e. The summed E-state index contributed by atoms with van der Waals surface area (Å²) in [6.07, 6.45) is 3.45. The van der Waals surface area contributed by atoms with Crippen molar-refractivity contribution in [2.75, 3.05) is 65.8 Å². The minimum Gasteiger partial charge on any atom is -0.383 e. The molecule has 1 atom stereocenters. The predicted molar refractivity (Wildman–Crippen MR) is 87.9 cm³/mol. The number of sulfonamides is 1. The van der Waals surface area contributed by atoms with Crippen LogP contribution in [-0.4, -0.2) is 100 Å². The number of carbonyl (C=O) groups excluding carboxylic acids is 1. The molecule has 0 bridgehead atoms. The van der Waals surface area contributed by atoms with Crippen molar-refractivity contribution in [3.8, 4) is 0 Å². The van der Waals surface area contributed by atoms with E-state index in [0.717, 1.165) is 25.9 Å². The van der Waals surface area contributed by atoms with Crippen LogP contribution < -0.4 is 5.32 Å². The third-order valence-corrected chi connectivity index (χ3v) is 5.87. The molecule has 0 spiro atoms. The van der Waals surface area contributed by atoms with Gasteiger partial charge in [-0.15, -0.1) is 0 Å². The summed E-state index contributed by atoms with van der Waals surface area (Å²) in [5.41, 5.74) is 0. The summed E-state index contributed by atoms with van der Waals surface area (Å²) in [6.45, 7) is 4.91. The molecule has 2 fully saturated rings. The number of hydrogen-bond acceptors (Lipinski definition) is 5. The first-order valence-corrected chi connectivity index (χ1v) is 9.97. The van der Waals surface area contributed by atoms with Gasteiger partial charge in [-0.2, -0.15) is 4.31 Å². The first kappa shape index (κ1) is 18.4. The van der Waals surface area contributed by atoms with Crippen LogP contribution in [0.4, 0.5) is 4.79 Å². The van der Waals surface area contributed by atoms with Crippen molar-refractivity contribution in [3.05, 3.63) is 0 Å². The summed E-state index contributed by atoms with van der Waals surface area (Å²) in [6, 6.07) is 0.267. The van der Waals surface area contributed by atoms with Gasteiger partial charge in [-0.1, -0.05) is 0 Å². The van der Waals surface area contributed by atoms with Gasteiger partial charge in [0.1, 0.15) is 0 Å². The monoisotopic (exact) mass is 348 g/mol. The van der Waals surface area contributed by atoms with Crippen LogP contribution in [0, 0.1) is 0 Å². The molecule has 9 heteroatoms. The SMILES string of the molecule is COCCN1CCCC1CNC(=O)N1CCN(S(C)(=O)=O)CC1. The standard InChI is InChI=1S/C14H28N4O4S/c1-22-11-10-16-5-3-4-13(16)12-15-14(19)17-6-8-18(9-7-17)23(2,20)21/h13H,3-12H2,1-2H3,(H,15,19). The van der Waals surface area contributed by atoms with E-state index in [1.807, 2.05) is 0 Å². The molecule has 1 N–H and O–H groups in total. The molecule has 0 saturated carbocycles. The maximum absolute atomic E-state index is 12.2. The summed E-state index contributed by atoms with van der Waals surface area (Å²) in [5.74, 6) is 0. The van der Waals surface area contributed by atoms with E-state index in [9.17, 15) is 13.2 Å². The van der Waals surface area contributed by atoms with E-state index in [2.05, 4.69) is 10.2 Å². The van der Waals surface area contributed by atoms with E-state index in [-0.39, 0.29) is 6.03 Å². The van der Waals surface area contributed by atoms with Crippen molar-refractivity contribution < 1.29 is 17.9 Å². The molecule has 0 aromatic rings. The first-order valence-electron chi connectivity index (χ1n) is 8.12. The average Bonchev–Trinajstić information content (AvgIpc) is 2.97. The quantitative estimate of drug-likeness (QED) is 0.692. The number of piperazine rings is 1. The minimum absolute atomic E-state index is 0.100. The van der Waals surface area contributed by atoms with Crippen molar-refractivity contribution in [1.82, 2.24) is 19.4 Å². The van der Waals surface area contributed by atoms with E-state index in [4.69, 9.17) is 4.74 Å². The van der Waals surface area contributed by atoms with E-state index in [1.165, 1.54) is 10.6 Å². The molecule has 0 radical (unpaired) electrons. The molecule has 2 aliphatic heterocycles. The lowest BCUT2D eigenvalue weighted by atomic mass is 10.2. The van der Waals surface area contributed by atoms with Crippen LogP contribution in [0.15, 0.2) is 0 Å². The van der Waals surface area contributed by atoms with Gasteiger partial charge in [0.05, 0.1) is 12.9 Å². The van der Waals surface area contributed by atoms with Gasteiger partial charge in [0, 0.05) is 52.4 Å². The van der Waals surface area contributed by atoms with E-state index in [1.54, 1.807) is 12.0 Å². The zero-order valence-corrected chi connectivity index (χ0v) is 14.8. The molecular formula is C14H28N4O4S. The van der Waals surface area contributed by atoms with Crippen molar-refractivity contribution in [2.45, 2.75) is 18.9 Å². The van der Waals surface area contributed by atoms with Gasteiger partial charge in [0.25, 0.3) is 0 Å². The van der Waals surface area contributed by atoms with E-state index >= 15 is 0 Å². The Morgan fingerprint density at radius 2 is 1.91 bits per heavy atom. The minimum atomic E-state index is -3.16. The molecule has 1 unspecified atom stereocenters. The molecule has 8 nitrogen and oxygen atoms in total. The van der Waals surface area contributed by atoms with Crippen LogP contribution in [0.3, 0.4) is 0 Å². The topological polar surface area (TPSA) is 82.2 Å². The highest BCUT2D eigenvalue weighted by molar-refractivity contribution is 7.88. The molecule has 2 aliphatic rings. The number of nitrogens with one attached hydrogen (secondary N) is 1. The Labute approximate surface area is 138 Å². The number of methoxy groups -OCH3 is 1. The third kappa shape index (κ3) is 5.30. The normalized spacial score (nSPS) is 24.1. The highest BCUT2D eigenvalue weighted by Gasteiger charge is 2.28. The maximum atomic E-state index is 12.2. The Balaban J connectivity index is 1.73. The second-order valence-electron chi connectivity index (χ2n) is 6.16. The predicted octanol–water partition coefficient (Wildman–Crippen LogP) is -0.616. The van der Waals surface area contributed by atoms with E-state index in [0.29, 0.717) is 45.4 Å². The number of hydrogen-bond donors (Lipinski definition) is 1. The molecule has 0 aromatic heterocycles. The number of likely N-dealkylation sites (tertiary alicyclic amines) is 1. The first-order chi connectivity index (χ1) is 10.9. The average molecular weight is 348 g/mol. The Morgan fingerprint density at radius 1 is 1.22 bits per heavy atom. The Kier molecular flexibility index (Phi) is 6.63. The van der Waals surface area contributed by atoms with Gasteiger partial charge < -0.3 is 15.0 Å². The maximum Gasteiger partial charge on any atom is 0.317 e. The molecule has 23 heavy (non-hydrogen) atoms. The molecule has 2 amide bonds. The summed E-state index contributed by atoms with van der Waals surface area (Å²) in [4.78, 5) is 16.3. The lowest BCUT2D eigenvalue weighted by Crippen LogP contribution is -2.54. The number of amides is 2. The number of nitrogens with zero attached hydrogens (tertiary/aromatic N) is 3. The van der Waals surface area contributed by atoms with Gasteiger partial charge in [-0.3, -0.25) is 4.90 Å². The summed E-state index contributed by atoms with van der Waals surface area (Å²) in [7, 11) is -1.46. The van der Waals surface area contributed by atoms with Crippen molar-refractivity contribution >= 4 is 16.1 Å². The lowest BCUT2D eigenvalue weighted by Gasteiger charge is -2.33.